The molecule has 0 bridgehead atoms. The smallest absolute Gasteiger partial charge is 0.118 e. The summed E-state index contributed by atoms with van der Waals surface area (Å²) in [6.45, 7) is 8.27. The lowest BCUT2D eigenvalue weighted by atomic mass is 9.69. The number of hydrogen-bond acceptors (Lipinski definition) is 3. The van der Waals surface area contributed by atoms with E-state index in [1.54, 1.807) is 7.11 Å². The number of nitrogens with zero attached hydrogens (tertiary/aromatic N) is 1. The van der Waals surface area contributed by atoms with E-state index in [-0.39, 0.29) is 11.8 Å². The molecule has 4 rings (SSSR count). The van der Waals surface area contributed by atoms with Crippen molar-refractivity contribution in [2.75, 3.05) is 13.7 Å². The van der Waals surface area contributed by atoms with E-state index in [4.69, 9.17) is 9.47 Å². The van der Waals surface area contributed by atoms with Gasteiger partial charge in [0, 0.05) is 28.9 Å². The number of hydrogen-bond donors (Lipinski definition) is 0. The summed E-state index contributed by atoms with van der Waals surface area (Å²) < 4.78 is 13.4. The zero-order valence-electron chi connectivity index (χ0n) is 19.3. The minimum absolute atomic E-state index is 0.0948. The molecule has 1 aliphatic heterocycles. The molecule has 1 saturated carbocycles. The first kappa shape index (κ1) is 22.8. The number of fused-ring (bicyclic) bond motifs is 1. The number of methoxy groups -OCH3 is 1. The maximum Gasteiger partial charge on any atom is 0.118 e. The topological polar surface area (TPSA) is 21.7 Å². The van der Waals surface area contributed by atoms with Crippen molar-refractivity contribution in [1.82, 2.24) is 4.90 Å². The van der Waals surface area contributed by atoms with Crippen LogP contribution < -0.4 is 4.74 Å². The molecule has 0 aromatic heterocycles. The summed E-state index contributed by atoms with van der Waals surface area (Å²) in [5.74, 6) is 2.25. The van der Waals surface area contributed by atoms with E-state index in [0.717, 1.165) is 31.1 Å². The number of rotatable bonds is 6. The molecule has 0 spiro atoms. The van der Waals surface area contributed by atoms with Crippen molar-refractivity contribution in [1.29, 1.82) is 0 Å². The van der Waals surface area contributed by atoms with E-state index in [1.807, 2.05) is 0 Å². The number of ether oxygens (including phenoxy) is 2. The Morgan fingerprint density at radius 2 is 1.84 bits per heavy atom. The third kappa shape index (κ3) is 5.02. The molecule has 2 aromatic rings. The average molecular weight is 486 g/mol. The van der Waals surface area contributed by atoms with Crippen LogP contribution in [0.4, 0.5) is 0 Å². The first-order chi connectivity index (χ1) is 14.9. The average Bonchev–Trinajstić information content (AvgIpc) is 2.74. The highest BCUT2D eigenvalue weighted by molar-refractivity contribution is 9.10. The maximum absolute atomic E-state index is 6.87. The lowest BCUT2D eigenvalue weighted by molar-refractivity contribution is -0.232. The molecule has 1 heterocycles. The van der Waals surface area contributed by atoms with Crippen molar-refractivity contribution in [3.05, 3.63) is 64.1 Å². The fourth-order valence-electron chi connectivity index (χ4n) is 5.64. The van der Waals surface area contributed by atoms with Crippen molar-refractivity contribution < 1.29 is 9.47 Å². The van der Waals surface area contributed by atoms with Crippen LogP contribution in [0.1, 0.15) is 51.2 Å². The predicted molar refractivity (Wildman–Crippen MR) is 130 cm³/mol. The van der Waals surface area contributed by atoms with Gasteiger partial charge in [0.15, 0.2) is 0 Å². The predicted octanol–water partition coefficient (Wildman–Crippen LogP) is 6.48. The highest BCUT2D eigenvalue weighted by Crippen LogP contribution is 2.45. The van der Waals surface area contributed by atoms with Gasteiger partial charge in [-0.3, -0.25) is 4.90 Å². The zero-order valence-corrected chi connectivity index (χ0v) is 20.9. The minimum atomic E-state index is 0.0948. The Morgan fingerprint density at radius 1 is 1.10 bits per heavy atom. The third-order valence-corrected chi connectivity index (χ3v) is 8.30. The van der Waals surface area contributed by atoms with Gasteiger partial charge in [-0.1, -0.05) is 59.6 Å². The fraction of sp³-hybridized carbons (Fsp3) is 0.556. The van der Waals surface area contributed by atoms with Gasteiger partial charge in [-0.2, -0.15) is 0 Å². The molecular weight excluding hydrogens is 450 g/mol. The van der Waals surface area contributed by atoms with Crippen molar-refractivity contribution >= 4 is 15.9 Å². The number of benzene rings is 2. The summed E-state index contributed by atoms with van der Waals surface area (Å²) >= 11 is 3.73. The van der Waals surface area contributed by atoms with E-state index in [1.165, 1.54) is 34.9 Å². The second-order valence-corrected chi connectivity index (χ2v) is 10.7. The van der Waals surface area contributed by atoms with Gasteiger partial charge in [0.1, 0.15) is 12.0 Å². The van der Waals surface area contributed by atoms with Crippen LogP contribution in [0.15, 0.2) is 53.0 Å². The van der Waals surface area contributed by atoms with E-state index in [2.05, 4.69) is 90.1 Å². The Morgan fingerprint density at radius 3 is 2.55 bits per heavy atom. The fourth-order valence-corrected chi connectivity index (χ4v) is 6.13. The second kappa shape index (κ2) is 9.64. The van der Waals surface area contributed by atoms with E-state index < -0.39 is 0 Å². The van der Waals surface area contributed by atoms with Crippen LogP contribution in [0.25, 0.3) is 0 Å². The molecule has 168 valence electrons. The molecule has 2 fully saturated rings. The lowest BCUT2D eigenvalue weighted by Crippen LogP contribution is -2.65. The summed E-state index contributed by atoms with van der Waals surface area (Å²) in [6, 6.07) is 17.0. The van der Waals surface area contributed by atoms with Gasteiger partial charge in [0.25, 0.3) is 0 Å². The first-order valence-electron chi connectivity index (χ1n) is 11.7. The molecule has 31 heavy (non-hydrogen) atoms. The van der Waals surface area contributed by atoms with Crippen LogP contribution in [0.3, 0.4) is 0 Å². The Balaban J connectivity index is 1.58. The Kier molecular flexibility index (Phi) is 7.10. The molecule has 0 N–H and O–H groups in total. The number of halogens is 1. The molecule has 1 aliphatic carbocycles. The van der Waals surface area contributed by atoms with Crippen LogP contribution in [0, 0.1) is 11.8 Å². The molecule has 0 amide bonds. The van der Waals surface area contributed by atoms with Gasteiger partial charge >= 0.3 is 0 Å². The largest absolute Gasteiger partial charge is 0.497 e. The van der Waals surface area contributed by atoms with Crippen molar-refractivity contribution in [2.24, 2.45) is 11.8 Å². The molecule has 3 nitrogen and oxygen atoms in total. The van der Waals surface area contributed by atoms with Crippen LogP contribution in [-0.2, 0) is 17.6 Å². The summed E-state index contributed by atoms with van der Waals surface area (Å²) in [4.78, 5) is 2.65. The molecule has 0 unspecified atom stereocenters. The second-order valence-electron chi connectivity index (χ2n) is 9.89. The third-order valence-electron chi connectivity index (χ3n) is 7.53. The first-order valence-corrected chi connectivity index (χ1v) is 12.5. The van der Waals surface area contributed by atoms with Gasteiger partial charge in [0.2, 0.25) is 0 Å². The van der Waals surface area contributed by atoms with Crippen LogP contribution in [0.5, 0.6) is 5.75 Å². The van der Waals surface area contributed by atoms with Crippen LogP contribution >= 0.6 is 15.9 Å². The molecular formula is C27H36BrNO2. The zero-order chi connectivity index (χ0) is 22.0. The maximum atomic E-state index is 6.87. The van der Waals surface area contributed by atoms with Crippen LogP contribution in [0.2, 0.25) is 0 Å². The van der Waals surface area contributed by atoms with E-state index in [0.29, 0.717) is 12.0 Å². The summed E-state index contributed by atoms with van der Waals surface area (Å²) in [5.41, 5.74) is 2.78. The van der Waals surface area contributed by atoms with E-state index >= 15 is 0 Å². The molecule has 0 radical (unpaired) electrons. The Bertz CT molecular complexity index is 866. The van der Waals surface area contributed by atoms with Gasteiger partial charge in [-0.05, 0) is 68.4 Å². The highest BCUT2D eigenvalue weighted by atomic mass is 79.9. The van der Waals surface area contributed by atoms with E-state index in [9.17, 15) is 0 Å². The summed E-state index contributed by atoms with van der Waals surface area (Å²) in [6.07, 6.45) is 6.14. The normalized spacial score (nSPS) is 28.2. The highest BCUT2D eigenvalue weighted by Gasteiger charge is 2.50. The minimum Gasteiger partial charge on any atom is -0.497 e. The Labute approximate surface area is 196 Å². The van der Waals surface area contributed by atoms with Crippen molar-refractivity contribution in [3.8, 4) is 5.75 Å². The monoisotopic (exact) mass is 485 g/mol. The van der Waals surface area contributed by atoms with Gasteiger partial charge < -0.3 is 9.47 Å². The Hall–Kier alpha value is -1.36. The SMILES string of the molecule is COc1ccc(C[C@H]2O[C@H]3C[C@@H](C)CC[C@@H]3C(C)(C)N2CCc2ccccc2Br)cc1. The summed E-state index contributed by atoms with van der Waals surface area (Å²) in [7, 11) is 1.72. The van der Waals surface area contributed by atoms with Crippen LogP contribution in [-0.4, -0.2) is 36.4 Å². The summed E-state index contributed by atoms with van der Waals surface area (Å²) in [5, 5.41) is 0. The van der Waals surface area contributed by atoms with Gasteiger partial charge in [-0.15, -0.1) is 0 Å². The molecule has 4 heteroatoms. The molecule has 2 aliphatic rings. The standard InChI is InChI=1S/C27H36BrNO2/c1-19-9-14-23-25(17-19)31-26(18-20-10-12-22(30-4)13-11-20)29(27(23,2)3)16-15-21-7-5-6-8-24(21)28/h5-8,10-13,19,23,25-26H,9,14-18H2,1-4H3/t19-,23-,25-,26+/m0/s1. The molecule has 1 saturated heterocycles. The van der Waals surface area contributed by atoms with Gasteiger partial charge in [-0.25, -0.2) is 0 Å². The molecule has 4 atom stereocenters. The van der Waals surface area contributed by atoms with Crippen molar-refractivity contribution in [3.63, 3.8) is 0 Å². The van der Waals surface area contributed by atoms with Gasteiger partial charge in [0.05, 0.1) is 13.2 Å². The molecule has 2 aromatic carbocycles. The quantitative estimate of drug-likeness (QED) is 0.466. The lowest BCUT2D eigenvalue weighted by Gasteiger charge is -2.57. The van der Waals surface area contributed by atoms with Crippen molar-refractivity contribution in [2.45, 2.75) is 70.7 Å².